The molecule has 0 saturated heterocycles. The first-order valence-corrected chi connectivity index (χ1v) is 6.83. The second-order valence-corrected chi connectivity index (χ2v) is 5.26. The van der Waals surface area contributed by atoms with E-state index < -0.39 is 18.0 Å². The number of carbonyl (C=O) groups excluding carboxylic acids is 1. The van der Waals surface area contributed by atoms with Crippen molar-refractivity contribution in [3.8, 4) is 5.75 Å². The molecule has 110 valence electrons. The molecular formula is C14H12FNO4S. The molecule has 7 heteroatoms. The van der Waals surface area contributed by atoms with Gasteiger partial charge in [-0.1, -0.05) is 0 Å². The van der Waals surface area contributed by atoms with Crippen LogP contribution >= 0.6 is 11.3 Å². The molecule has 2 rings (SSSR count). The summed E-state index contributed by atoms with van der Waals surface area (Å²) in [5.41, 5.74) is 0. The number of benzene rings is 1. The van der Waals surface area contributed by atoms with Crippen LogP contribution < -0.4 is 10.1 Å². The van der Waals surface area contributed by atoms with Crippen LogP contribution in [0, 0.1) is 5.82 Å². The van der Waals surface area contributed by atoms with Crippen molar-refractivity contribution in [2.45, 2.75) is 13.0 Å². The number of hydrogen-bond donors (Lipinski definition) is 2. The van der Waals surface area contributed by atoms with Crippen LogP contribution in [0.25, 0.3) is 0 Å². The van der Waals surface area contributed by atoms with E-state index in [0.717, 1.165) is 11.3 Å². The third-order valence-corrected chi connectivity index (χ3v) is 3.55. The average Bonchev–Trinajstić information content (AvgIpc) is 2.90. The van der Waals surface area contributed by atoms with E-state index in [0.29, 0.717) is 10.8 Å². The summed E-state index contributed by atoms with van der Waals surface area (Å²) >= 11 is 0.958. The van der Waals surface area contributed by atoms with E-state index in [4.69, 9.17) is 9.84 Å². The largest absolute Gasteiger partial charge is 0.481 e. The highest BCUT2D eigenvalue weighted by molar-refractivity contribution is 7.18. The first kappa shape index (κ1) is 15.0. The molecule has 0 spiro atoms. The van der Waals surface area contributed by atoms with Crippen LogP contribution in [0.1, 0.15) is 16.6 Å². The number of amides is 1. The lowest BCUT2D eigenvalue weighted by Gasteiger charge is -2.13. The van der Waals surface area contributed by atoms with Crippen LogP contribution in [-0.2, 0) is 4.79 Å². The summed E-state index contributed by atoms with van der Waals surface area (Å²) in [7, 11) is 0. The zero-order valence-corrected chi connectivity index (χ0v) is 11.8. The number of carboxylic acid groups (broad SMARTS) is 1. The second kappa shape index (κ2) is 6.36. The van der Waals surface area contributed by atoms with E-state index in [1.54, 1.807) is 6.92 Å². The van der Waals surface area contributed by atoms with E-state index in [1.807, 2.05) is 0 Å². The van der Waals surface area contributed by atoms with Crippen molar-refractivity contribution in [1.29, 1.82) is 0 Å². The Balaban J connectivity index is 1.95. The summed E-state index contributed by atoms with van der Waals surface area (Å²) in [6, 6.07) is 8.24. The maximum Gasteiger partial charge on any atom is 0.345 e. The number of nitrogens with one attached hydrogen (secondary N) is 1. The molecule has 2 aromatic rings. The number of hydrogen-bond acceptors (Lipinski definition) is 4. The molecule has 0 bridgehead atoms. The average molecular weight is 309 g/mol. The van der Waals surface area contributed by atoms with Crippen LogP contribution in [0.5, 0.6) is 5.75 Å². The van der Waals surface area contributed by atoms with Crippen LogP contribution in [0.2, 0.25) is 0 Å². The summed E-state index contributed by atoms with van der Waals surface area (Å²) in [6.07, 6.45) is -0.800. The maximum absolute atomic E-state index is 12.8. The molecule has 1 atom stereocenters. The third-order valence-electron chi connectivity index (χ3n) is 2.56. The van der Waals surface area contributed by atoms with Crippen LogP contribution in [0.3, 0.4) is 0 Å². The lowest BCUT2D eigenvalue weighted by Crippen LogP contribution is -2.29. The Morgan fingerprint density at radius 2 is 1.90 bits per heavy atom. The molecule has 0 aliphatic heterocycles. The quantitative estimate of drug-likeness (QED) is 0.890. The number of halogens is 1. The molecule has 0 aliphatic rings. The van der Waals surface area contributed by atoms with Crippen molar-refractivity contribution in [3.05, 3.63) is 47.1 Å². The number of aromatic carboxylic acids is 1. The van der Waals surface area contributed by atoms with Gasteiger partial charge in [0.15, 0.2) is 6.10 Å². The van der Waals surface area contributed by atoms with Crippen LogP contribution in [0.4, 0.5) is 9.39 Å². The second-order valence-electron chi connectivity index (χ2n) is 4.17. The zero-order chi connectivity index (χ0) is 15.4. The Hall–Kier alpha value is -2.41. The molecule has 1 aromatic heterocycles. The number of anilines is 1. The minimum absolute atomic E-state index is 0.136. The van der Waals surface area contributed by atoms with Crippen molar-refractivity contribution in [2.75, 3.05) is 5.32 Å². The summed E-state index contributed by atoms with van der Waals surface area (Å²) in [5, 5.41) is 11.8. The standard InChI is InChI=1S/C14H12FNO4S/c1-8(20-10-4-2-9(15)3-5-10)13(17)16-12-7-6-11(21-12)14(18)19/h2-8H,1H3,(H,16,17)(H,18,19). The van der Waals surface area contributed by atoms with Gasteiger partial charge in [-0.3, -0.25) is 4.79 Å². The third kappa shape index (κ3) is 4.03. The van der Waals surface area contributed by atoms with Gasteiger partial charge in [-0.2, -0.15) is 0 Å². The molecule has 21 heavy (non-hydrogen) atoms. The smallest absolute Gasteiger partial charge is 0.345 e. The van der Waals surface area contributed by atoms with E-state index in [9.17, 15) is 14.0 Å². The summed E-state index contributed by atoms with van der Waals surface area (Å²) in [4.78, 5) is 22.8. The van der Waals surface area contributed by atoms with Gasteiger partial charge in [-0.05, 0) is 43.3 Å². The first-order valence-electron chi connectivity index (χ1n) is 6.02. The van der Waals surface area contributed by atoms with Gasteiger partial charge in [0.25, 0.3) is 5.91 Å². The van der Waals surface area contributed by atoms with Gasteiger partial charge in [0.1, 0.15) is 16.4 Å². The number of thiophene rings is 1. The van der Waals surface area contributed by atoms with Crippen molar-refractivity contribution in [3.63, 3.8) is 0 Å². The van der Waals surface area contributed by atoms with Gasteiger partial charge >= 0.3 is 5.97 Å². The Labute approximate surface area is 124 Å². The highest BCUT2D eigenvalue weighted by Crippen LogP contribution is 2.22. The Morgan fingerprint density at radius 3 is 2.48 bits per heavy atom. The number of carbonyl (C=O) groups is 2. The SMILES string of the molecule is CC(Oc1ccc(F)cc1)C(=O)Nc1ccc(C(=O)O)s1. The fourth-order valence-electron chi connectivity index (χ4n) is 1.51. The lowest BCUT2D eigenvalue weighted by atomic mass is 10.3. The molecule has 0 saturated carbocycles. The molecule has 1 amide bonds. The van der Waals surface area contributed by atoms with E-state index in [1.165, 1.54) is 36.4 Å². The summed E-state index contributed by atoms with van der Waals surface area (Å²) in [5.74, 6) is -1.48. The van der Waals surface area contributed by atoms with Gasteiger partial charge in [0.05, 0.1) is 5.00 Å². The van der Waals surface area contributed by atoms with Gasteiger partial charge in [-0.15, -0.1) is 11.3 Å². The Morgan fingerprint density at radius 1 is 1.24 bits per heavy atom. The molecule has 0 radical (unpaired) electrons. The molecule has 0 fully saturated rings. The molecule has 1 aromatic carbocycles. The van der Waals surface area contributed by atoms with Crippen molar-refractivity contribution >= 4 is 28.2 Å². The minimum atomic E-state index is -1.05. The molecule has 2 N–H and O–H groups in total. The van der Waals surface area contributed by atoms with Crippen molar-refractivity contribution in [2.24, 2.45) is 0 Å². The Kier molecular flexibility index (Phi) is 4.54. The predicted octanol–water partition coefficient (Wildman–Crippen LogP) is 2.99. The molecule has 1 heterocycles. The molecular weight excluding hydrogens is 297 g/mol. The first-order chi connectivity index (χ1) is 9.95. The Bertz CT molecular complexity index is 653. The molecule has 0 aliphatic carbocycles. The lowest BCUT2D eigenvalue weighted by molar-refractivity contribution is -0.122. The zero-order valence-electron chi connectivity index (χ0n) is 11.0. The summed E-state index contributed by atoms with van der Waals surface area (Å²) in [6.45, 7) is 1.55. The fraction of sp³-hybridized carbons (Fsp3) is 0.143. The maximum atomic E-state index is 12.8. The van der Waals surface area contributed by atoms with E-state index >= 15 is 0 Å². The van der Waals surface area contributed by atoms with Gasteiger partial charge < -0.3 is 15.2 Å². The number of carboxylic acids is 1. The highest BCUT2D eigenvalue weighted by atomic mass is 32.1. The van der Waals surface area contributed by atoms with Crippen LogP contribution in [-0.4, -0.2) is 23.1 Å². The predicted molar refractivity (Wildman–Crippen MR) is 76.4 cm³/mol. The topological polar surface area (TPSA) is 75.6 Å². The number of rotatable bonds is 5. The van der Waals surface area contributed by atoms with Gasteiger partial charge in [-0.25, -0.2) is 9.18 Å². The monoisotopic (exact) mass is 309 g/mol. The summed E-state index contributed by atoms with van der Waals surface area (Å²) < 4.78 is 18.1. The molecule has 5 nitrogen and oxygen atoms in total. The van der Waals surface area contributed by atoms with Crippen molar-refractivity contribution < 1.29 is 23.8 Å². The van der Waals surface area contributed by atoms with Gasteiger partial charge in [0, 0.05) is 0 Å². The molecule has 1 unspecified atom stereocenters. The van der Waals surface area contributed by atoms with E-state index in [2.05, 4.69) is 5.32 Å². The highest BCUT2D eigenvalue weighted by Gasteiger charge is 2.16. The normalized spacial score (nSPS) is 11.7. The van der Waals surface area contributed by atoms with E-state index in [-0.39, 0.29) is 10.7 Å². The van der Waals surface area contributed by atoms with Crippen LogP contribution in [0.15, 0.2) is 36.4 Å². The number of ether oxygens (including phenoxy) is 1. The fourth-order valence-corrected chi connectivity index (χ4v) is 2.26. The van der Waals surface area contributed by atoms with Gasteiger partial charge in [0.2, 0.25) is 0 Å². The minimum Gasteiger partial charge on any atom is -0.481 e. The van der Waals surface area contributed by atoms with Crippen molar-refractivity contribution in [1.82, 2.24) is 0 Å².